The first kappa shape index (κ1) is 17.7. The van der Waals surface area contributed by atoms with Crippen LogP contribution in [-0.4, -0.2) is 60.1 Å². The maximum atomic E-state index is 11.9. The Labute approximate surface area is 148 Å². The Hall–Kier alpha value is -2.08. The van der Waals surface area contributed by atoms with Gasteiger partial charge in [0.05, 0.1) is 0 Å². The molecule has 1 N–H and O–H groups in total. The molecule has 6 nitrogen and oxygen atoms in total. The van der Waals surface area contributed by atoms with Gasteiger partial charge in [-0.2, -0.15) is 0 Å². The van der Waals surface area contributed by atoms with E-state index in [4.69, 9.17) is 4.74 Å². The zero-order chi connectivity index (χ0) is 18.0. The number of ether oxygens (including phenoxy) is 1. The number of carbonyl (C=O) groups excluding carboxylic acids is 1. The minimum absolute atomic E-state index is 0.00119. The van der Waals surface area contributed by atoms with Crippen molar-refractivity contribution >= 4 is 11.9 Å². The number of rotatable bonds is 4. The highest BCUT2D eigenvalue weighted by Crippen LogP contribution is 2.33. The van der Waals surface area contributed by atoms with Gasteiger partial charge in [-0.25, -0.2) is 0 Å². The monoisotopic (exact) mass is 346 g/mol. The summed E-state index contributed by atoms with van der Waals surface area (Å²) in [7, 11) is 2.10. The van der Waals surface area contributed by atoms with Crippen LogP contribution in [0.1, 0.15) is 30.9 Å². The second kappa shape index (κ2) is 7.04. The Bertz CT molecular complexity index is 665. The van der Waals surface area contributed by atoms with Crippen LogP contribution in [0.15, 0.2) is 18.2 Å². The van der Waals surface area contributed by atoms with Gasteiger partial charge in [0.2, 0.25) is 5.91 Å². The summed E-state index contributed by atoms with van der Waals surface area (Å²) >= 11 is 0. The molecule has 0 aromatic heterocycles. The normalized spacial score (nSPS) is 20.0. The van der Waals surface area contributed by atoms with Gasteiger partial charge < -0.3 is 19.6 Å². The van der Waals surface area contributed by atoms with E-state index >= 15 is 0 Å². The van der Waals surface area contributed by atoms with Crippen molar-refractivity contribution in [3.8, 4) is 5.75 Å². The van der Waals surface area contributed by atoms with Crippen LogP contribution >= 0.6 is 0 Å². The van der Waals surface area contributed by atoms with Gasteiger partial charge in [-0.3, -0.25) is 9.59 Å². The molecule has 25 heavy (non-hydrogen) atoms. The van der Waals surface area contributed by atoms with Gasteiger partial charge in [-0.15, -0.1) is 0 Å². The molecule has 0 aliphatic carbocycles. The van der Waals surface area contributed by atoms with E-state index in [1.807, 2.05) is 12.1 Å². The standard InChI is InChI=1S/C19H26N2O4/c1-14(22)21-9-6-19(7-10-21,18(23)24)13-25-17-4-3-15-5-8-20(2)12-16(15)11-17/h3-4,11H,5-10,12-13H2,1-2H3,(H,23,24). The minimum atomic E-state index is -0.918. The van der Waals surface area contributed by atoms with Crippen LogP contribution in [0.3, 0.4) is 0 Å². The van der Waals surface area contributed by atoms with E-state index in [1.54, 1.807) is 4.90 Å². The summed E-state index contributed by atoms with van der Waals surface area (Å²) in [5, 5.41) is 9.73. The molecule has 0 unspecified atom stereocenters. The molecule has 1 aromatic rings. The summed E-state index contributed by atoms with van der Waals surface area (Å²) in [5.41, 5.74) is 1.67. The van der Waals surface area contributed by atoms with Crippen molar-refractivity contribution in [1.82, 2.24) is 9.80 Å². The fourth-order valence-electron chi connectivity index (χ4n) is 3.66. The molecule has 2 aliphatic heterocycles. The average molecular weight is 346 g/mol. The molecule has 0 saturated carbocycles. The predicted octanol–water partition coefficient (Wildman–Crippen LogP) is 1.77. The third-order valence-corrected chi connectivity index (χ3v) is 5.52. The molecule has 136 valence electrons. The lowest BCUT2D eigenvalue weighted by atomic mass is 9.79. The number of amides is 1. The molecule has 0 atom stereocenters. The third kappa shape index (κ3) is 3.79. The first-order chi connectivity index (χ1) is 11.9. The SMILES string of the molecule is CC(=O)N1CCC(COc2ccc3c(c2)CN(C)CC3)(C(=O)O)CC1. The molecule has 2 heterocycles. The molecule has 6 heteroatoms. The Kier molecular flexibility index (Phi) is 4.99. The number of piperidine rings is 1. The third-order valence-electron chi connectivity index (χ3n) is 5.52. The number of aliphatic carboxylic acids is 1. The highest BCUT2D eigenvalue weighted by atomic mass is 16.5. The summed E-state index contributed by atoms with van der Waals surface area (Å²) in [6, 6.07) is 6.05. The molecule has 1 fully saturated rings. The number of nitrogens with zero attached hydrogens (tertiary/aromatic N) is 2. The second-order valence-electron chi connectivity index (χ2n) is 7.30. The number of carboxylic acids is 1. The van der Waals surface area contributed by atoms with Gasteiger partial charge >= 0.3 is 5.97 Å². The number of likely N-dealkylation sites (N-methyl/N-ethyl adjacent to an activating group) is 1. The Morgan fingerprint density at radius 2 is 1.92 bits per heavy atom. The van der Waals surface area contributed by atoms with Gasteiger partial charge in [0, 0.05) is 33.1 Å². The van der Waals surface area contributed by atoms with Crippen LogP contribution in [0.4, 0.5) is 0 Å². The van der Waals surface area contributed by atoms with E-state index in [0.717, 1.165) is 25.3 Å². The molecule has 0 bridgehead atoms. The van der Waals surface area contributed by atoms with Gasteiger partial charge in [0.1, 0.15) is 17.8 Å². The average Bonchev–Trinajstić information content (AvgIpc) is 2.59. The van der Waals surface area contributed by atoms with E-state index in [0.29, 0.717) is 25.9 Å². The lowest BCUT2D eigenvalue weighted by molar-refractivity contribution is -0.156. The number of carboxylic acid groups (broad SMARTS) is 1. The number of hydrogen-bond donors (Lipinski definition) is 1. The van der Waals surface area contributed by atoms with Crippen molar-refractivity contribution in [1.29, 1.82) is 0 Å². The lowest BCUT2D eigenvalue weighted by Crippen LogP contribution is -2.48. The van der Waals surface area contributed by atoms with Gasteiger partial charge in [-0.05, 0) is 49.6 Å². The summed E-state index contributed by atoms with van der Waals surface area (Å²) in [4.78, 5) is 27.3. The van der Waals surface area contributed by atoms with Crippen LogP contribution in [0, 0.1) is 5.41 Å². The van der Waals surface area contributed by atoms with E-state index in [1.165, 1.54) is 18.1 Å². The van der Waals surface area contributed by atoms with Gasteiger partial charge in [-0.1, -0.05) is 6.07 Å². The fraction of sp³-hybridized carbons (Fsp3) is 0.579. The van der Waals surface area contributed by atoms with Crippen LogP contribution in [0.2, 0.25) is 0 Å². The van der Waals surface area contributed by atoms with Crippen LogP contribution in [0.25, 0.3) is 0 Å². The molecule has 0 radical (unpaired) electrons. The van der Waals surface area contributed by atoms with E-state index in [2.05, 4.69) is 18.0 Å². The minimum Gasteiger partial charge on any atom is -0.492 e. The van der Waals surface area contributed by atoms with Crippen molar-refractivity contribution in [3.05, 3.63) is 29.3 Å². The van der Waals surface area contributed by atoms with E-state index < -0.39 is 11.4 Å². The van der Waals surface area contributed by atoms with Crippen molar-refractivity contribution in [3.63, 3.8) is 0 Å². The lowest BCUT2D eigenvalue weighted by Gasteiger charge is -2.38. The van der Waals surface area contributed by atoms with Crippen LogP contribution in [-0.2, 0) is 22.6 Å². The smallest absolute Gasteiger partial charge is 0.313 e. The van der Waals surface area contributed by atoms with E-state index in [-0.39, 0.29) is 12.5 Å². The topological polar surface area (TPSA) is 70.1 Å². The molecule has 3 rings (SSSR count). The highest BCUT2D eigenvalue weighted by molar-refractivity contribution is 5.77. The predicted molar refractivity (Wildman–Crippen MR) is 93.5 cm³/mol. The quantitative estimate of drug-likeness (QED) is 0.900. The molecule has 1 amide bonds. The number of fused-ring (bicyclic) bond motifs is 1. The Morgan fingerprint density at radius 1 is 1.20 bits per heavy atom. The summed E-state index contributed by atoms with van der Waals surface area (Å²) in [5.74, 6) is -0.115. The van der Waals surface area contributed by atoms with Gasteiger partial charge in [0.15, 0.2) is 0 Å². The first-order valence-electron chi connectivity index (χ1n) is 8.82. The molecule has 0 spiro atoms. The molecule has 1 aromatic carbocycles. The highest BCUT2D eigenvalue weighted by Gasteiger charge is 2.43. The zero-order valence-electron chi connectivity index (χ0n) is 15.0. The number of likely N-dealkylation sites (tertiary alicyclic amines) is 1. The first-order valence-corrected chi connectivity index (χ1v) is 8.82. The summed E-state index contributed by atoms with van der Waals surface area (Å²) < 4.78 is 5.90. The second-order valence-corrected chi connectivity index (χ2v) is 7.30. The Balaban J connectivity index is 1.67. The maximum absolute atomic E-state index is 11.9. The summed E-state index contributed by atoms with van der Waals surface area (Å²) in [6.07, 6.45) is 1.89. The van der Waals surface area contributed by atoms with Crippen LogP contribution < -0.4 is 4.74 Å². The number of hydrogen-bond acceptors (Lipinski definition) is 4. The molecular weight excluding hydrogens is 320 g/mol. The largest absolute Gasteiger partial charge is 0.492 e. The number of benzene rings is 1. The number of carbonyl (C=O) groups is 2. The van der Waals surface area contributed by atoms with Crippen molar-refractivity contribution < 1.29 is 19.4 Å². The zero-order valence-corrected chi connectivity index (χ0v) is 15.0. The molecular formula is C19H26N2O4. The fourth-order valence-corrected chi connectivity index (χ4v) is 3.66. The van der Waals surface area contributed by atoms with Gasteiger partial charge in [0.25, 0.3) is 0 Å². The van der Waals surface area contributed by atoms with Crippen LogP contribution in [0.5, 0.6) is 5.75 Å². The van der Waals surface area contributed by atoms with Crippen molar-refractivity contribution in [2.24, 2.45) is 5.41 Å². The molecule has 1 saturated heterocycles. The molecule has 2 aliphatic rings. The van der Waals surface area contributed by atoms with Crippen molar-refractivity contribution in [2.75, 3.05) is 33.3 Å². The summed E-state index contributed by atoms with van der Waals surface area (Å²) in [6.45, 7) is 4.56. The van der Waals surface area contributed by atoms with E-state index in [9.17, 15) is 14.7 Å². The Morgan fingerprint density at radius 3 is 2.56 bits per heavy atom. The van der Waals surface area contributed by atoms with Crippen molar-refractivity contribution in [2.45, 2.75) is 32.7 Å². The maximum Gasteiger partial charge on any atom is 0.313 e.